The quantitative estimate of drug-likeness (QED) is 0.618. The van der Waals surface area contributed by atoms with Crippen LogP contribution in [0.4, 0.5) is 0 Å². The molecular formula is C14H11BO3S. The minimum atomic E-state index is -3.63. The lowest BCUT2D eigenvalue weighted by Crippen LogP contribution is -2.17. The van der Waals surface area contributed by atoms with Crippen molar-refractivity contribution in [3.8, 4) is 0 Å². The van der Waals surface area contributed by atoms with E-state index in [4.69, 9.17) is 7.85 Å². The molecule has 5 heteroatoms. The van der Waals surface area contributed by atoms with Crippen molar-refractivity contribution < 1.29 is 13.2 Å². The lowest BCUT2D eigenvalue weighted by Gasteiger charge is -2.04. The van der Waals surface area contributed by atoms with Gasteiger partial charge in [0.1, 0.15) is 13.6 Å². The summed E-state index contributed by atoms with van der Waals surface area (Å²) in [5.41, 5.74) is 0.870. The van der Waals surface area contributed by atoms with E-state index in [2.05, 4.69) is 0 Å². The maximum atomic E-state index is 12.1. The van der Waals surface area contributed by atoms with E-state index in [0.29, 0.717) is 11.0 Å². The van der Waals surface area contributed by atoms with Crippen molar-refractivity contribution in [3.63, 3.8) is 0 Å². The Hall–Kier alpha value is -1.88. The Labute approximate surface area is 113 Å². The molecule has 0 aliphatic heterocycles. The Morgan fingerprint density at radius 1 is 0.947 bits per heavy atom. The zero-order valence-corrected chi connectivity index (χ0v) is 10.9. The van der Waals surface area contributed by atoms with Crippen LogP contribution in [0.3, 0.4) is 0 Å². The molecule has 94 valence electrons. The molecular weight excluding hydrogens is 259 g/mol. The molecule has 0 aliphatic rings. The molecule has 0 aliphatic carbocycles. The summed E-state index contributed by atoms with van der Waals surface area (Å²) in [5.74, 6) is -0.960. The monoisotopic (exact) mass is 270 g/mol. The molecule has 2 radical (unpaired) electrons. The Morgan fingerprint density at radius 3 is 2.11 bits per heavy atom. The van der Waals surface area contributed by atoms with Crippen molar-refractivity contribution >= 4 is 28.9 Å². The standard InChI is InChI=1S/C14H11BO3S/c15-12-6-8-13(9-7-12)19(17,18)10-14(16)11-4-2-1-3-5-11/h1-9H,10H2. The highest BCUT2D eigenvalue weighted by atomic mass is 32.2. The fourth-order valence-electron chi connectivity index (χ4n) is 1.64. The first-order chi connectivity index (χ1) is 8.99. The predicted octanol–water partition coefficient (Wildman–Crippen LogP) is 1.14. The second-order valence-electron chi connectivity index (χ2n) is 4.12. The molecule has 19 heavy (non-hydrogen) atoms. The summed E-state index contributed by atoms with van der Waals surface area (Å²) in [4.78, 5) is 12.0. The van der Waals surface area contributed by atoms with Crippen LogP contribution in [0.5, 0.6) is 0 Å². The van der Waals surface area contributed by atoms with Crippen molar-refractivity contribution in [2.24, 2.45) is 0 Å². The maximum Gasteiger partial charge on any atom is 0.185 e. The van der Waals surface area contributed by atoms with Crippen LogP contribution in [-0.2, 0) is 9.84 Å². The number of sulfone groups is 1. The molecule has 0 bridgehead atoms. The average molecular weight is 270 g/mol. The first-order valence-electron chi connectivity index (χ1n) is 5.65. The van der Waals surface area contributed by atoms with Gasteiger partial charge in [-0.1, -0.05) is 47.9 Å². The largest absolute Gasteiger partial charge is 0.293 e. The predicted molar refractivity (Wildman–Crippen MR) is 74.7 cm³/mol. The summed E-state index contributed by atoms with van der Waals surface area (Å²) in [5, 5.41) is 0. The zero-order valence-electron chi connectivity index (χ0n) is 10.1. The molecule has 0 aromatic heterocycles. The van der Waals surface area contributed by atoms with Crippen LogP contribution in [-0.4, -0.2) is 27.8 Å². The highest BCUT2D eigenvalue weighted by Crippen LogP contribution is 2.11. The molecule has 0 amide bonds. The van der Waals surface area contributed by atoms with E-state index < -0.39 is 21.4 Å². The minimum Gasteiger partial charge on any atom is -0.293 e. The molecule has 0 saturated heterocycles. The second-order valence-corrected chi connectivity index (χ2v) is 6.11. The first kappa shape index (κ1) is 13.6. The summed E-state index contributed by atoms with van der Waals surface area (Å²) in [7, 11) is 1.87. The number of carbonyl (C=O) groups excluding carboxylic acids is 1. The molecule has 0 saturated carbocycles. The lowest BCUT2D eigenvalue weighted by molar-refractivity contribution is 0.102. The maximum absolute atomic E-state index is 12.1. The van der Waals surface area contributed by atoms with Gasteiger partial charge in [-0.05, 0) is 12.1 Å². The Morgan fingerprint density at radius 2 is 1.53 bits per heavy atom. The van der Waals surface area contributed by atoms with Gasteiger partial charge in [0.25, 0.3) is 0 Å². The van der Waals surface area contributed by atoms with Gasteiger partial charge in [-0.2, -0.15) is 0 Å². The Bertz CT molecular complexity index is 676. The van der Waals surface area contributed by atoms with Crippen molar-refractivity contribution in [3.05, 3.63) is 60.2 Å². The van der Waals surface area contributed by atoms with E-state index >= 15 is 0 Å². The topological polar surface area (TPSA) is 51.2 Å². The molecule has 0 heterocycles. The normalized spacial score (nSPS) is 11.2. The number of ketones is 1. The van der Waals surface area contributed by atoms with Gasteiger partial charge in [-0.3, -0.25) is 4.79 Å². The van der Waals surface area contributed by atoms with Crippen molar-refractivity contribution in [1.82, 2.24) is 0 Å². The third kappa shape index (κ3) is 3.32. The number of hydrogen-bond acceptors (Lipinski definition) is 3. The second kappa shape index (κ2) is 5.40. The molecule has 0 N–H and O–H groups in total. The van der Waals surface area contributed by atoms with Gasteiger partial charge in [0.05, 0.1) is 4.90 Å². The Kier molecular flexibility index (Phi) is 3.86. The first-order valence-corrected chi connectivity index (χ1v) is 7.31. The van der Waals surface area contributed by atoms with Crippen LogP contribution in [0.2, 0.25) is 0 Å². The van der Waals surface area contributed by atoms with E-state index in [1.807, 2.05) is 0 Å². The smallest absolute Gasteiger partial charge is 0.185 e. The Balaban J connectivity index is 2.23. The van der Waals surface area contributed by atoms with Crippen molar-refractivity contribution in [2.75, 3.05) is 5.75 Å². The van der Waals surface area contributed by atoms with E-state index in [9.17, 15) is 13.2 Å². The van der Waals surface area contributed by atoms with Crippen molar-refractivity contribution in [1.29, 1.82) is 0 Å². The fourth-order valence-corrected chi connectivity index (χ4v) is 2.87. The number of hydrogen-bond donors (Lipinski definition) is 0. The van der Waals surface area contributed by atoms with Gasteiger partial charge >= 0.3 is 0 Å². The van der Waals surface area contributed by atoms with E-state index in [0.717, 1.165) is 0 Å². The zero-order chi connectivity index (χ0) is 13.9. The molecule has 2 aromatic rings. The number of carbonyl (C=O) groups is 1. The highest BCUT2D eigenvalue weighted by molar-refractivity contribution is 7.92. The fraction of sp³-hybridized carbons (Fsp3) is 0.0714. The molecule has 0 unspecified atom stereocenters. The summed E-state index contributed by atoms with van der Waals surface area (Å²) in [6.07, 6.45) is 0. The molecule has 0 fully saturated rings. The van der Waals surface area contributed by atoms with E-state index in [1.54, 1.807) is 30.3 Å². The van der Waals surface area contributed by atoms with Crippen LogP contribution < -0.4 is 5.46 Å². The van der Waals surface area contributed by atoms with Gasteiger partial charge in [0, 0.05) is 5.56 Å². The average Bonchev–Trinajstić information content (AvgIpc) is 2.40. The van der Waals surface area contributed by atoms with Crippen LogP contribution >= 0.6 is 0 Å². The van der Waals surface area contributed by atoms with Crippen molar-refractivity contribution in [2.45, 2.75) is 4.90 Å². The van der Waals surface area contributed by atoms with Crippen LogP contribution in [0, 0.1) is 0 Å². The number of benzene rings is 2. The van der Waals surface area contributed by atoms with Gasteiger partial charge in [-0.15, -0.1) is 0 Å². The third-order valence-corrected chi connectivity index (χ3v) is 4.29. The minimum absolute atomic E-state index is 0.103. The summed E-state index contributed by atoms with van der Waals surface area (Å²) >= 11 is 0. The van der Waals surface area contributed by atoms with E-state index in [-0.39, 0.29) is 4.90 Å². The molecule has 2 rings (SSSR count). The van der Waals surface area contributed by atoms with Gasteiger partial charge in [0.2, 0.25) is 0 Å². The number of rotatable bonds is 4. The lowest BCUT2D eigenvalue weighted by atomic mass is 9.97. The van der Waals surface area contributed by atoms with Crippen LogP contribution in [0.15, 0.2) is 59.5 Å². The van der Waals surface area contributed by atoms with Crippen LogP contribution in [0.25, 0.3) is 0 Å². The van der Waals surface area contributed by atoms with Crippen LogP contribution in [0.1, 0.15) is 10.4 Å². The molecule has 2 aromatic carbocycles. The van der Waals surface area contributed by atoms with Gasteiger partial charge in [0.15, 0.2) is 15.6 Å². The SMILES string of the molecule is [B]c1ccc(S(=O)(=O)CC(=O)c2ccccc2)cc1. The number of Topliss-reactive ketones (excluding diaryl/α,β-unsaturated/α-hetero) is 1. The van der Waals surface area contributed by atoms with E-state index in [1.165, 1.54) is 24.3 Å². The third-order valence-electron chi connectivity index (χ3n) is 2.66. The molecule has 0 spiro atoms. The summed E-state index contributed by atoms with van der Waals surface area (Å²) < 4.78 is 24.1. The summed E-state index contributed by atoms with van der Waals surface area (Å²) in [6, 6.07) is 14.2. The molecule has 0 atom stereocenters. The highest BCUT2D eigenvalue weighted by Gasteiger charge is 2.19. The molecule has 3 nitrogen and oxygen atoms in total. The summed E-state index contributed by atoms with van der Waals surface area (Å²) in [6.45, 7) is 0. The van der Waals surface area contributed by atoms with Gasteiger partial charge < -0.3 is 0 Å². The van der Waals surface area contributed by atoms with Gasteiger partial charge in [-0.25, -0.2) is 8.42 Å².